The summed E-state index contributed by atoms with van der Waals surface area (Å²) in [6.07, 6.45) is 10.0. The first-order chi connectivity index (χ1) is 8.26. The van der Waals surface area contributed by atoms with Crippen molar-refractivity contribution in [1.29, 1.82) is 0 Å². The largest absolute Gasteiger partial charge is 0.458 e. The van der Waals surface area contributed by atoms with Crippen LogP contribution in [0.1, 0.15) is 51.4 Å². The van der Waals surface area contributed by atoms with Gasteiger partial charge >= 0.3 is 0 Å². The lowest BCUT2D eigenvalue weighted by Gasteiger charge is -2.26. The molecule has 0 amide bonds. The highest BCUT2D eigenvalue weighted by Gasteiger charge is 2.76. The third-order valence-electron chi connectivity index (χ3n) is 5.50. The number of hydrogen-bond acceptors (Lipinski definition) is 2. The lowest BCUT2D eigenvalue weighted by atomic mass is 9.83. The fraction of sp³-hybridized carbons (Fsp3) is 0.857. The van der Waals surface area contributed by atoms with Gasteiger partial charge in [0.2, 0.25) is 6.79 Å². The Labute approximate surface area is 107 Å². The molecule has 0 bridgehead atoms. The van der Waals surface area contributed by atoms with Gasteiger partial charge in [0.25, 0.3) is 0 Å². The molecule has 94 valence electrons. The molecule has 17 heavy (non-hydrogen) atoms. The third kappa shape index (κ3) is 1.23. The molecule has 4 aliphatic rings. The molecule has 3 heteroatoms. The molecule has 1 spiro atoms. The average molecular weight is 255 g/mol. The summed E-state index contributed by atoms with van der Waals surface area (Å²) >= 11 is 6.95. The Balaban J connectivity index is 1.67. The maximum atomic E-state index is 6.95. The predicted molar refractivity (Wildman–Crippen MR) is 65.5 cm³/mol. The number of ether oxygens (including phenoxy) is 2. The molecule has 0 aromatic heterocycles. The van der Waals surface area contributed by atoms with E-state index >= 15 is 0 Å². The van der Waals surface area contributed by atoms with Crippen LogP contribution < -0.4 is 0 Å². The second kappa shape index (κ2) is 3.34. The number of rotatable bonds is 0. The van der Waals surface area contributed by atoms with E-state index in [9.17, 15) is 0 Å². The van der Waals surface area contributed by atoms with Gasteiger partial charge in [-0.15, -0.1) is 11.6 Å². The summed E-state index contributed by atoms with van der Waals surface area (Å²) in [6.45, 7) is 0.415. The number of alkyl halides is 1. The fourth-order valence-corrected chi connectivity index (χ4v) is 5.23. The Morgan fingerprint density at radius 2 is 1.76 bits per heavy atom. The first kappa shape index (κ1) is 10.5. The summed E-state index contributed by atoms with van der Waals surface area (Å²) in [7, 11) is 0. The second-order valence-corrected chi connectivity index (χ2v) is 6.80. The lowest BCUT2D eigenvalue weighted by molar-refractivity contribution is 0.0663. The first-order valence-corrected chi connectivity index (χ1v) is 7.31. The molecule has 1 heterocycles. The highest BCUT2D eigenvalue weighted by atomic mass is 35.5. The predicted octanol–water partition coefficient (Wildman–Crippen LogP) is 3.94. The summed E-state index contributed by atoms with van der Waals surface area (Å²) in [6, 6.07) is 0. The summed E-state index contributed by atoms with van der Waals surface area (Å²) in [5, 5.41) is 0. The van der Waals surface area contributed by atoms with Gasteiger partial charge in [-0.25, -0.2) is 0 Å². The van der Waals surface area contributed by atoms with Crippen molar-refractivity contribution >= 4 is 11.6 Å². The second-order valence-electron chi connectivity index (χ2n) is 6.13. The Morgan fingerprint density at radius 1 is 1.00 bits per heavy atom. The summed E-state index contributed by atoms with van der Waals surface area (Å²) in [5.74, 6) is 2.87. The SMILES string of the molecule is Cl[C@]12CC3=C(C[C@]14CCCCCC[C@@H]42)OCO3. The number of halogens is 1. The van der Waals surface area contributed by atoms with Gasteiger partial charge in [0.05, 0.1) is 4.87 Å². The maximum Gasteiger partial charge on any atom is 0.230 e. The van der Waals surface area contributed by atoms with E-state index in [0.29, 0.717) is 18.1 Å². The average Bonchev–Trinajstić information content (AvgIpc) is 2.58. The topological polar surface area (TPSA) is 18.5 Å². The Bertz CT molecular complexity index is 392. The Kier molecular flexibility index (Phi) is 2.07. The highest BCUT2D eigenvalue weighted by Crippen LogP contribution is 2.77. The Morgan fingerprint density at radius 3 is 2.65 bits per heavy atom. The van der Waals surface area contributed by atoms with Crippen molar-refractivity contribution in [3.05, 3.63) is 11.5 Å². The zero-order chi connectivity index (χ0) is 11.5. The number of allylic oxidation sites excluding steroid dienone is 2. The number of fused-ring (bicyclic) bond motifs is 1. The smallest absolute Gasteiger partial charge is 0.230 e. The third-order valence-corrected chi connectivity index (χ3v) is 6.27. The molecule has 2 fully saturated rings. The molecule has 0 aromatic rings. The number of hydrogen-bond donors (Lipinski definition) is 0. The van der Waals surface area contributed by atoms with Crippen molar-refractivity contribution in [2.45, 2.75) is 56.2 Å². The summed E-state index contributed by atoms with van der Waals surface area (Å²) < 4.78 is 11.2. The minimum absolute atomic E-state index is 0.00384. The van der Waals surface area contributed by atoms with Crippen LogP contribution in [0.15, 0.2) is 11.5 Å². The van der Waals surface area contributed by atoms with Crippen LogP contribution in [0.2, 0.25) is 0 Å². The lowest BCUT2D eigenvalue weighted by Crippen LogP contribution is -2.21. The normalized spacial score (nSPS) is 47.9. The van der Waals surface area contributed by atoms with Crippen LogP contribution in [0.3, 0.4) is 0 Å². The molecule has 0 unspecified atom stereocenters. The molecule has 2 nitrogen and oxygen atoms in total. The quantitative estimate of drug-likeness (QED) is 0.610. The van der Waals surface area contributed by atoms with E-state index in [1.807, 2.05) is 0 Å². The fourth-order valence-electron chi connectivity index (χ4n) is 4.56. The van der Waals surface area contributed by atoms with E-state index < -0.39 is 0 Å². The molecular formula is C14H19ClO2. The van der Waals surface area contributed by atoms with Crippen molar-refractivity contribution in [1.82, 2.24) is 0 Å². The molecule has 1 aliphatic heterocycles. The summed E-state index contributed by atoms with van der Waals surface area (Å²) in [5.41, 5.74) is 0.349. The monoisotopic (exact) mass is 254 g/mol. The molecule has 0 N–H and O–H groups in total. The molecule has 0 aromatic carbocycles. The molecule has 3 atom stereocenters. The van der Waals surface area contributed by atoms with Gasteiger partial charge in [0, 0.05) is 18.3 Å². The minimum atomic E-state index is 0.00384. The van der Waals surface area contributed by atoms with Crippen molar-refractivity contribution in [3.8, 4) is 0 Å². The highest BCUT2D eigenvalue weighted by molar-refractivity contribution is 6.27. The molecular weight excluding hydrogens is 236 g/mol. The van der Waals surface area contributed by atoms with Crippen molar-refractivity contribution < 1.29 is 9.47 Å². The van der Waals surface area contributed by atoms with Crippen molar-refractivity contribution in [2.75, 3.05) is 6.79 Å². The van der Waals surface area contributed by atoms with Gasteiger partial charge in [0.15, 0.2) is 0 Å². The minimum Gasteiger partial charge on any atom is -0.458 e. The molecule has 3 aliphatic carbocycles. The van der Waals surface area contributed by atoms with Gasteiger partial charge in [-0.05, 0) is 18.8 Å². The van der Waals surface area contributed by atoms with Crippen LogP contribution in [-0.2, 0) is 9.47 Å². The van der Waals surface area contributed by atoms with Gasteiger partial charge < -0.3 is 9.47 Å². The van der Waals surface area contributed by atoms with Gasteiger partial charge in [-0.1, -0.05) is 25.7 Å². The van der Waals surface area contributed by atoms with Crippen molar-refractivity contribution in [2.24, 2.45) is 11.3 Å². The maximum absolute atomic E-state index is 6.95. The molecule has 2 saturated carbocycles. The van der Waals surface area contributed by atoms with E-state index in [1.54, 1.807) is 0 Å². The van der Waals surface area contributed by atoms with E-state index in [-0.39, 0.29) is 4.87 Å². The zero-order valence-corrected chi connectivity index (χ0v) is 10.9. The molecule has 0 radical (unpaired) electrons. The van der Waals surface area contributed by atoms with E-state index in [0.717, 1.165) is 24.4 Å². The first-order valence-electron chi connectivity index (χ1n) is 6.93. The van der Waals surface area contributed by atoms with Crippen LogP contribution in [0, 0.1) is 11.3 Å². The van der Waals surface area contributed by atoms with E-state index in [2.05, 4.69) is 0 Å². The van der Waals surface area contributed by atoms with Crippen LogP contribution >= 0.6 is 11.6 Å². The van der Waals surface area contributed by atoms with Crippen LogP contribution in [0.25, 0.3) is 0 Å². The van der Waals surface area contributed by atoms with E-state index in [4.69, 9.17) is 21.1 Å². The Hall–Kier alpha value is -0.370. The summed E-state index contributed by atoms with van der Waals surface area (Å²) in [4.78, 5) is 0.00384. The van der Waals surface area contributed by atoms with Crippen molar-refractivity contribution in [3.63, 3.8) is 0 Å². The standard InChI is InChI=1S/C14H19ClO2/c15-14-8-11-10(16-9-17-11)7-13(14)6-4-2-1-3-5-12(13)14/h12H,1-9H2/t12-,13-,14-/m0/s1. The van der Waals surface area contributed by atoms with Gasteiger partial charge in [-0.3, -0.25) is 0 Å². The van der Waals surface area contributed by atoms with E-state index in [1.165, 1.54) is 38.5 Å². The van der Waals surface area contributed by atoms with Crippen LogP contribution in [0.5, 0.6) is 0 Å². The van der Waals surface area contributed by atoms with Crippen LogP contribution in [0.4, 0.5) is 0 Å². The zero-order valence-electron chi connectivity index (χ0n) is 10.1. The van der Waals surface area contributed by atoms with Gasteiger partial charge in [-0.2, -0.15) is 0 Å². The van der Waals surface area contributed by atoms with Crippen LogP contribution in [-0.4, -0.2) is 11.7 Å². The van der Waals surface area contributed by atoms with Gasteiger partial charge in [0.1, 0.15) is 11.5 Å². The molecule has 4 rings (SSSR count). The molecule has 0 saturated heterocycles.